The molecular weight excluding hydrogens is 377 g/mol. The summed E-state index contributed by atoms with van der Waals surface area (Å²) in [6.07, 6.45) is 1.80. The molecule has 1 amide bonds. The van der Waals surface area contributed by atoms with Gasteiger partial charge in [0, 0.05) is 12.2 Å². The van der Waals surface area contributed by atoms with Crippen molar-refractivity contribution < 1.29 is 9.18 Å². The Bertz CT molecular complexity index is 1030. The molecule has 7 heteroatoms. The second kappa shape index (κ2) is 9.01. The molecule has 0 aliphatic heterocycles. The van der Waals surface area contributed by atoms with Crippen molar-refractivity contribution >= 4 is 34.3 Å². The Hall–Kier alpha value is -2.67. The molecule has 0 aliphatic carbocycles. The number of carbonyl (C=O) groups is 1. The highest BCUT2D eigenvalue weighted by Crippen LogP contribution is 2.24. The Morgan fingerprint density at radius 2 is 1.93 bits per heavy atom. The number of nitrogens with zero attached hydrogens (tertiary/aromatic N) is 2. The van der Waals surface area contributed by atoms with Crippen LogP contribution in [0, 0.1) is 5.82 Å². The topological polar surface area (TPSA) is 64.0 Å². The van der Waals surface area contributed by atoms with Crippen molar-refractivity contribution in [3.63, 3.8) is 0 Å². The summed E-state index contributed by atoms with van der Waals surface area (Å²) in [5.74, 6) is -0.596. The number of nitrogens with one attached hydrogen (secondary N) is 1. The lowest BCUT2D eigenvalue weighted by Crippen LogP contribution is -2.27. The van der Waals surface area contributed by atoms with Gasteiger partial charge in [0.1, 0.15) is 5.82 Å². The molecule has 0 radical (unpaired) electrons. The van der Waals surface area contributed by atoms with Gasteiger partial charge in [-0.1, -0.05) is 37.2 Å². The van der Waals surface area contributed by atoms with Crippen LogP contribution in [0.2, 0.25) is 0 Å². The molecule has 28 heavy (non-hydrogen) atoms. The van der Waals surface area contributed by atoms with Gasteiger partial charge in [-0.25, -0.2) is 9.37 Å². The van der Waals surface area contributed by atoms with Crippen LogP contribution in [0.25, 0.3) is 10.9 Å². The summed E-state index contributed by atoms with van der Waals surface area (Å²) < 4.78 is 14.7. The summed E-state index contributed by atoms with van der Waals surface area (Å²) in [6, 6.07) is 12.8. The predicted molar refractivity (Wildman–Crippen MR) is 111 cm³/mol. The van der Waals surface area contributed by atoms with Crippen LogP contribution in [0.15, 0.2) is 58.5 Å². The van der Waals surface area contributed by atoms with Crippen molar-refractivity contribution in [1.82, 2.24) is 9.55 Å². The Morgan fingerprint density at radius 3 is 2.64 bits per heavy atom. The third-order valence-corrected chi connectivity index (χ3v) is 5.42. The number of rotatable bonds is 7. The summed E-state index contributed by atoms with van der Waals surface area (Å²) >= 11 is 1.25. The van der Waals surface area contributed by atoms with Crippen molar-refractivity contribution in [2.45, 2.75) is 43.6 Å². The highest BCUT2D eigenvalue weighted by molar-refractivity contribution is 8.00. The van der Waals surface area contributed by atoms with Crippen molar-refractivity contribution in [3.05, 3.63) is 64.7 Å². The number of amides is 1. The molecule has 1 aromatic heterocycles. The van der Waals surface area contributed by atoms with E-state index < -0.39 is 5.25 Å². The van der Waals surface area contributed by atoms with E-state index in [1.807, 2.05) is 12.1 Å². The molecule has 5 nitrogen and oxygen atoms in total. The summed E-state index contributed by atoms with van der Waals surface area (Å²) in [4.78, 5) is 30.1. The molecule has 1 atom stereocenters. The van der Waals surface area contributed by atoms with E-state index in [9.17, 15) is 14.0 Å². The van der Waals surface area contributed by atoms with E-state index in [2.05, 4.69) is 17.2 Å². The Morgan fingerprint density at radius 1 is 1.21 bits per heavy atom. The van der Waals surface area contributed by atoms with Crippen LogP contribution >= 0.6 is 11.8 Å². The zero-order valence-electron chi connectivity index (χ0n) is 15.8. The average molecular weight is 399 g/mol. The van der Waals surface area contributed by atoms with Crippen molar-refractivity contribution in [3.8, 4) is 0 Å². The lowest BCUT2D eigenvalue weighted by atomic mass is 10.2. The van der Waals surface area contributed by atoms with Gasteiger partial charge in [-0.05, 0) is 49.7 Å². The quantitative estimate of drug-likeness (QED) is 0.471. The minimum atomic E-state index is -0.481. The minimum absolute atomic E-state index is 0.0901. The first-order valence-electron chi connectivity index (χ1n) is 9.22. The number of aromatic nitrogens is 2. The van der Waals surface area contributed by atoms with E-state index >= 15 is 0 Å². The summed E-state index contributed by atoms with van der Waals surface area (Å²) in [5.41, 5.74) is 1.05. The monoisotopic (exact) mass is 399 g/mol. The van der Waals surface area contributed by atoms with Gasteiger partial charge in [0.05, 0.1) is 16.2 Å². The van der Waals surface area contributed by atoms with E-state index in [1.165, 1.54) is 36.0 Å². The van der Waals surface area contributed by atoms with Gasteiger partial charge in [0.2, 0.25) is 5.91 Å². The fraction of sp³-hybridized carbons (Fsp3) is 0.286. The lowest BCUT2D eigenvalue weighted by Gasteiger charge is -2.16. The zero-order chi connectivity index (χ0) is 20.1. The van der Waals surface area contributed by atoms with Gasteiger partial charge in [-0.15, -0.1) is 0 Å². The molecule has 2 aromatic carbocycles. The summed E-state index contributed by atoms with van der Waals surface area (Å²) in [6.45, 7) is 4.38. The Labute approximate surface area is 167 Å². The molecule has 0 bridgehead atoms. The summed E-state index contributed by atoms with van der Waals surface area (Å²) in [5, 5.41) is 3.38. The van der Waals surface area contributed by atoms with E-state index in [4.69, 9.17) is 0 Å². The van der Waals surface area contributed by atoms with Gasteiger partial charge in [0.15, 0.2) is 5.16 Å². The Kier molecular flexibility index (Phi) is 6.46. The lowest BCUT2D eigenvalue weighted by molar-refractivity contribution is -0.115. The van der Waals surface area contributed by atoms with Gasteiger partial charge in [0.25, 0.3) is 5.56 Å². The van der Waals surface area contributed by atoms with Crippen LogP contribution in [-0.4, -0.2) is 20.7 Å². The molecule has 0 unspecified atom stereocenters. The van der Waals surface area contributed by atoms with Gasteiger partial charge in [-0.2, -0.15) is 0 Å². The highest BCUT2D eigenvalue weighted by atomic mass is 32.2. The second-order valence-corrected chi connectivity index (χ2v) is 7.79. The van der Waals surface area contributed by atoms with Gasteiger partial charge in [-0.3, -0.25) is 14.2 Å². The first kappa shape index (κ1) is 20.1. The number of anilines is 1. The molecule has 0 fully saturated rings. The van der Waals surface area contributed by atoms with Gasteiger partial charge >= 0.3 is 0 Å². The molecule has 0 saturated heterocycles. The van der Waals surface area contributed by atoms with E-state index in [-0.39, 0.29) is 17.3 Å². The molecule has 0 aliphatic rings. The number of para-hydroxylation sites is 1. The average Bonchev–Trinajstić information content (AvgIpc) is 2.69. The zero-order valence-corrected chi connectivity index (χ0v) is 16.6. The first-order chi connectivity index (χ1) is 13.5. The van der Waals surface area contributed by atoms with E-state index in [0.717, 1.165) is 12.8 Å². The normalized spacial score (nSPS) is 12.1. The van der Waals surface area contributed by atoms with Crippen LogP contribution in [0.4, 0.5) is 10.1 Å². The van der Waals surface area contributed by atoms with Crippen LogP contribution in [-0.2, 0) is 11.3 Å². The largest absolute Gasteiger partial charge is 0.325 e. The molecule has 1 heterocycles. The van der Waals surface area contributed by atoms with Crippen LogP contribution in [0.1, 0.15) is 26.7 Å². The number of benzene rings is 2. The molecule has 146 valence electrons. The number of hydrogen-bond acceptors (Lipinski definition) is 4. The van der Waals surface area contributed by atoms with Crippen LogP contribution in [0.5, 0.6) is 0 Å². The molecule has 0 spiro atoms. The van der Waals surface area contributed by atoms with Crippen molar-refractivity contribution in [2.75, 3.05) is 5.32 Å². The number of fused-ring (bicyclic) bond motifs is 1. The van der Waals surface area contributed by atoms with Crippen LogP contribution in [0.3, 0.4) is 0 Å². The minimum Gasteiger partial charge on any atom is -0.325 e. The number of halogens is 1. The van der Waals surface area contributed by atoms with E-state index in [0.29, 0.717) is 28.3 Å². The van der Waals surface area contributed by atoms with E-state index in [1.54, 1.807) is 23.6 Å². The van der Waals surface area contributed by atoms with Crippen molar-refractivity contribution in [2.24, 2.45) is 0 Å². The highest BCUT2D eigenvalue weighted by Gasteiger charge is 2.19. The molecule has 0 saturated carbocycles. The fourth-order valence-electron chi connectivity index (χ4n) is 2.74. The first-order valence-corrected chi connectivity index (χ1v) is 10.1. The molecular formula is C21H22FN3O2S. The smallest absolute Gasteiger partial charge is 0.262 e. The predicted octanol–water partition coefficient (Wildman–Crippen LogP) is 4.46. The number of carbonyl (C=O) groups excluding carboxylic acids is 1. The molecule has 1 N–H and O–H groups in total. The maximum absolute atomic E-state index is 13.0. The molecule has 3 rings (SSSR count). The Balaban J connectivity index is 1.86. The third kappa shape index (κ3) is 4.59. The summed E-state index contributed by atoms with van der Waals surface area (Å²) in [7, 11) is 0. The number of unbranched alkanes of at least 4 members (excludes halogenated alkanes) is 1. The maximum Gasteiger partial charge on any atom is 0.262 e. The fourth-order valence-corrected chi connectivity index (χ4v) is 3.67. The molecule has 3 aromatic rings. The standard InChI is InChI=1S/C21H22FN3O2S/c1-3-4-13-25-20(27)17-7-5-6-8-18(17)24-21(25)28-14(2)19(26)23-16-11-9-15(22)10-12-16/h5-12,14H,3-4,13H2,1-2H3,(H,23,26)/t14-/m0/s1. The number of hydrogen-bond donors (Lipinski definition) is 1. The SMILES string of the molecule is CCCCn1c(S[C@@H](C)C(=O)Nc2ccc(F)cc2)nc2ccccc2c1=O. The van der Waals surface area contributed by atoms with Crippen molar-refractivity contribution in [1.29, 1.82) is 0 Å². The van der Waals surface area contributed by atoms with Crippen LogP contribution < -0.4 is 10.9 Å². The second-order valence-electron chi connectivity index (χ2n) is 6.48. The maximum atomic E-state index is 13.0. The number of thioether (sulfide) groups is 1. The van der Waals surface area contributed by atoms with Gasteiger partial charge < -0.3 is 5.32 Å². The third-order valence-electron chi connectivity index (χ3n) is 4.33.